The lowest BCUT2D eigenvalue weighted by Crippen LogP contribution is -2.39. The van der Waals surface area contributed by atoms with Gasteiger partial charge in [0, 0.05) is 24.0 Å². The van der Waals surface area contributed by atoms with Gasteiger partial charge in [-0.3, -0.25) is 14.4 Å². The molecule has 3 aromatic carbocycles. The summed E-state index contributed by atoms with van der Waals surface area (Å²) < 4.78 is 39.3. The number of hydrogen-bond donors (Lipinski definition) is 2. The van der Waals surface area contributed by atoms with Crippen LogP contribution in [-0.2, 0) is 16.0 Å². The number of esters is 1. The molecule has 0 aliphatic heterocycles. The van der Waals surface area contributed by atoms with Gasteiger partial charge in [-0.2, -0.15) is 0 Å². The Kier molecular flexibility index (Phi) is 7.15. The van der Waals surface area contributed by atoms with E-state index in [0.29, 0.717) is 33.2 Å². The van der Waals surface area contributed by atoms with Crippen molar-refractivity contribution in [2.24, 2.45) is 0 Å². The number of rotatable bonds is 7. The molecule has 1 heterocycles. The lowest BCUT2D eigenvalue weighted by molar-refractivity contribution is -0.139. The number of ether oxygens (including phenoxy) is 1. The Hall–Kier alpha value is -4.53. The number of amides is 2. The van der Waals surface area contributed by atoms with Crippen LogP contribution in [0.5, 0.6) is 0 Å². The number of methoxy groups -OCH3 is 1. The first kappa shape index (κ1) is 26.1. The fourth-order valence-corrected chi connectivity index (χ4v) is 4.67. The van der Waals surface area contributed by atoms with E-state index in [2.05, 4.69) is 10.6 Å². The van der Waals surface area contributed by atoms with Gasteiger partial charge < -0.3 is 19.8 Å². The minimum Gasteiger partial charge on any atom is -0.469 e. The van der Waals surface area contributed by atoms with Gasteiger partial charge in [0.1, 0.15) is 23.0 Å². The summed E-state index contributed by atoms with van der Waals surface area (Å²) in [4.78, 5) is 38.1. The first-order valence-corrected chi connectivity index (χ1v) is 12.5. The Bertz CT molecular complexity index is 1590. The fourth-order valence-electron chi connectivity index (χ4n) is 4.67. The summed E-state index contributed by atoms with van der Waals surface area (Å²) in [7, 11) is 2.75. The molecule has 1 saturated carbocycles. The quantitative estimate of drug-likeness (QED) is 0.311. The molecule has 9 heteroatoms. The van der Waals surface area contributed by atoms with Crippen molar-refractivity contribution in [1.29, 1.82) is 0 Å². The van der Waals surface area contributed by atoms with Gasteiger partial charge in [0.15, 0.2) is 0 Å². The van der Waals surface area contributed by atoms with Crippen LogP contribution in [0, 0.1) is 11.6 Å². The largest absolute Gasteiger partial charge is 0.469 e. The third-order valence-corrected chi connectivity index (χ3v) is 7.00. The molecule has 2 amide bonds. The zero-order valence-corrected chi connectivity index (χ0v) is 21.4. The zero-order chi connectivity index (χ0) is 27.7. The summed E-state index contributed by atoms with van der Waals surface area (Å²) in [6.45, 7) is 0. The van der Waals surface area contributed by atoms with Crippen molar-refractivity contribution in [2.45, 2.75) is 31.7 Å². The minimum absolute atomic E-state index is 0.0257. The van der Waals surface area contributed by atoms with Crippen molar-refractivity contribution < 1.29 is 32.3 Å². The van der Waals surface area contributed by atoms with Crippen molar-refractivity contribution in [2.75, 3.05) is 14.2 Å². The first-order valence-electron chi connectivity index (χ1n) is 12.5. The van der Waals surface area contributed by atoms with Crippen LogP contribution in [0.3, 0.4) is 0 Å². The maximum absolute atomic E-state index is 14.7. The Morgan fingerprint density at radius 2 is 1.69 bits per heavy atom. The highest BCUT2D eigenvalue weighted by atomic mass is 19.1. The SMILES string of the molecule is CNC(=O)c1c(-c2ccc(F)cc2)oc2cc(CC(=O)OC)c(-c3ccc(F)c(C(=O)NC4CCC4)c3)cc12. The number of carbonyl (C=O) groups excluding carboxylic acids is 3. The van der Waals surface area contributed by atoms with Gasteiger partial charge in [0.2, 0.25) is 0 Å². The molecule has 2 N–H and O–H groups in total. The molecule has 0 unspecified atom stereocenters. The number of nitrogens with one attached hydrogen (secondary N) is 2. The minimum atomic E-state index is -0.667. The molecule has 0 spiro atoms. The molecule has 0 atom stereocenters. The van der Waals surface area contributed by atoms with E-state index in [-0.39, 0.29) is 29.3 Å². The van der Waals surface area contributed by atoms with Crippen LogP contribution in [0.25, 0.3) is 33.4 Å². The lowest BCUT2D eigenvalue weighted by atomic mass is 9.92. The topological polar surface area (TPSA) is 97.6 Å². The molecule has 7 nitrogen and oxygen atoms in total. The molecule has 39 heavy (non-hydrogen) atoms. The third-order valence-electron chi connectivity index (χ3n) is 7.00. The Morgan fingerprint density at radius 3 is 2.33 bits per heavy atom. The van der Waals surface area contributed by atoms with Crippen molar-refractivity contribution >= 4 is 28.8 Å². The zero-order valence-electron chi connectivity index (χ0n) is 21.4. The summed E-state index contributed by atoms with van der Waals surface area (Å²) in [6, 6.07) is 13.0. The van der Waals surface area contributed by atoms with E-state index in [9.17, 15) is 23.2 Å². The van der Waals surface area contributed by atoms with Crippen LogP contribution in [0.1, 0.15) is 45.5 Å². The van der Waals surface area contributed by atoms with Crippen molar-refractivity contribution in [3.05, 3.63) is 82.9 Å². The second-order valence-electron chi connectivity index (χ2n) is 9.45. The summed E-state index contributed by atoms with van der Waals surface area (Å²) in [6.07, 6.45) is 2.59. The maximum Gasteiger partial charge on any atom is 0.310 e. The molecule has 200 valence electrons. The monoisotopic (exact) mass is 532 g/mol. The molecular weight excluding hydrogens is 506 g/mol. The van der Waals surface area contributed by atoms with Gasteiger partial charge in [-0.05, 0) is 84.5 Å². The van der Waals surface area contributed by atoms with E-state index in [0.717, 1.165) is 19.3 Å². The van der Waals surface area contributed by atoms with Crippen LogP contribution in [0.4, 0.5) is 8.78 Å². The number of fused-ring (bicyclic) bond motifs is 1. The highest BCUT2D eigenvalue weighted by Gasteiger charge is 2.26. The van der Waals surface area contributed by atoms with E-state index in [1.807, 2.05) is 0 Å². The fraction of sp³-hybridized carbons (Fsp3) is 0.233. The number of furan rings is 1. The van der Waals surface area contributed by atoms with Gasteiger partial charge in [-0.25, -0.2) is 8.78 Å². The molecule has 1 aliphatic carbocycles. The Labute approximate surface area is 223 Å². The van der Waals surface area contributed by atoms with Gasteiger partial charge in [-0.1, -0.05) is 6.07 Å². The molecule has 0 bridgehead atoms. The number of halogens is 2. The molecule has 1 fully saturated rings. The van der Waals surface area contributed by atoms with Crippen molar-refractivity contribution in [3.8, 4) is 22.5 Å². The molecule has 0 radical (unpaired) electrons. The molecule has 5 rings (SSSR count). The van der Waals surface area contributed by atoms with Gasteiger partial charge in [-0.15, -0.1) is 0 Å². The van der Waals surface area contributed by atoms with Crippen LogP contribution in [0.2, 0.25) is 0 Å². The Morgan fingerprint density at radius 1 is 0.974 bits per heavy atom. The Balaban J connectivity index is 1.70. The van der Waals surface area contributed by atoms with Crippen molar-refractivity contribution in [3.63, 3.8) is 0 Å². The average Bonchev–Trinajstić information content (AvgIpc) is 3.28. The second-order valence-corrected chi connectivity index (χ2v) is 9.45. The highest BCUT2D eigenvalue weighted by molar-refractivity contribution is 6.12. The summed E-state index contributed by atoms with van der Waals surface area (Å²) in [5.74, 6) is -2.34. The smallest absolute Gasteiger partial charge is 0.310 e. The number of carbonyl (C=O) groups is 3. The molecular formula is C30H26F2N2O5. The average molecular weight is 533 g/mol. The van der Waals surface area contributed by atoms with Crippen LogP contribution in [-0.4, -0.2) is 38.0 Å². The predicted octanol–water partition coefficient (Wildman–Crippen LogP) is 5.40. The van der Waals surface area contributed by atoms with E-state index in [1.165, 1.54) is 56.6 Å². The highest BCUT2D eigenvalue weighted by Crippen LogP contribution is 2.38. The number of benzene rings is 3. The standard InChI is InChI=1S/C30H26F2N2O5/c1-33-30(37)27-23-15-21(17-8-11-24(32)22(12-17)29(36)34-20-4-3-5-20)18(14-26(35)38-2)13-25(23)39-28(27)16-6-9-19(31)10-7-16/h6-13,15,20H,3-5,14H2,1-2H3,(H,33,37)(H,34,36). The number of hydrogen-bond acceptors (Lipinski definition) is 5. The van der Waals surface area contributed by atoms with E-state index in [1.54, 1.807) is 12.1 Å². The lowest BCUT2D eigenvalue weighted by Gasteiger charge is -2.26. The van der Waals surface area contributed by atoms with E-state index >= 15 is 0 Å². The van der Waals surface area contributed by atoms with Crippen LogP contribution >= 0.6 is 0 Å². The summed E-state index contributed by atoms with van der Waals surface area (Å²) in [5.41, 5.74) is 2.38. The summed E-state index contributed by atoms with van der Waals surface area (Å²) in [5, 5.41) is 5.89. The van der Waals surface area contributed by atoms with Gasteiger partial charge >= 0.3 is 5.97 Å². The molecule has 1 aliphatic rings. The van der Waals surface area contributed by atoms with Crippen LogP contribution < -0.4 is 10.6 Å². The van der Waals surface area contributed by atoms with E-state index < -0.39 is 29.4 Å². The first-order chi connectivity index (χ1) is 18.8. The van der Waals surface area contributed by atoms with Gasteiger partial charge in [0.05, 0.1) is 24.7 Å². The predicted molar refractivity (Wildman–Crippen MR) is 141 cm³/mol. The third kappa shape index (κ3) is 5.12. The van der Waals surface area contributed by atoms with Crippen LogP contribution in [0.15, 0.2) is 59.0 Å². The van der Waals surface area contributed by atoms with Gasteiger partial charge in [0.25, 0.3) is 11.8 Å². The molecule has 1 aromatic heterocycles. The summed E-state index contributed by atoms with van der Waals surface area (Å²) >= 11 is 0. The normalized spacial score (nSPS) is 13.1. The molecule has 4 aromatic rings. The maximum atomic E-state index is 14.7. The van der Waals surface area contributed by atoms with Crippen molar-refractivity contribution in [1.82, 2.24) is 10.6 Å². The molecule has 0 saturated heterocycles. The second kappa shape index (κ2) is 10.7. The van der Waals surface area contributed by atoms with E-state index in [4.69, 9.17) is 9.15 Å².